The highest BCUT2D eigenvalue weighted by atomic mass is 16.5. The van der Waals surface area contributed by atoms with Gasteiger partial charge in [0.25, 0.3) is 0 Å². The molecule has 0 bridgehead atoms. The van der Waals surface area contributed by atoms with Crippen molar-refractivity contribution in [3.05, 3.63) is 191 Å². The second-order valence-electron chi connectivity index (χ2n) is 14.9. The van der Waals surface area contributed by atoms with Gasteiger partial charge in [-0.05, 0) is 65.7 Å². The van der Waals surface area contributed by atoms with Crippen molar-refractivity contribution in [2.45, 2.75) is 12.0 Å². The lowest BCUT2D eigenvalue weighted by Crippen LogP contribution is -3.00. The van der Waals surface area contributed by atoms with Crippen LogP contribution in [0.1, 0.15) is 28.2 Å². The van der Waals surface area contributed by atoms with Crippen LogP contribution < -0.4 is 9.96 Å². The van der Waals surface area contributed by atoms with Crippen LogP contribution in [0.5, 0.6) is 0 Å². The van der Waals surface area contributed by atoms with Crippen LogP contribution in [0.15, 0.2) is 168 Å². The summed E-state index contributed by atoms with van der Waals surface area (Å²) < 4.78 is 8.83. The molecule has 2 aliphatic heterocycles. The van der Waals surface area contributed by atoms with E-state index >= 15 is 0 Å². The SMILES string of the molecule is N#Cc1cc(-c2cccc(C#N)c2N2c3ccccc3C3C=CC4=C(C32)[NH+]([O-])c2ccccc24)cc(-n2c3ccccc3c3ccc4c5ccccc5oc4c32)c1. The monoisotopic (exact) mass is 731 g/mol. The normalized spacial score (nSPS) is 17.9. The number of hydroxylamine groups is 1. The highest BCUT2D eigenvalue weighted by Crippen LogP contribution is 2.54. The van der Waals surface area contributed by atoms with Gasteiger partial charge in [-0.3, -0.25) is 0 Å². The number of furan rings is 1. The van der Waals surface area contributed by atoms with E-state index in [9.17, 15) is 15.7 Å². The second-order valence-corrected chi connectivity index (χ2v) is 14.9. The number of hydrogen-bond donors (Lipinski definition) is 1. The molecule has 3 unspecified atom stereocenters. The molecular formula is C50H29N5O2. The highest BCUT2D eigenvalue weighted by Gasteiger charge is 2.49. The third-order valence-corrected chi connectivity index (χ3v) is 12.1. The lowest BCUT2D eigenvalue weighted by molar-refractivity contribution is -0.729. The summed E-state index contributed by atoms with van der Waals surface area (Å²) in [6.07, 6.45) is 4.31. The van der Waals surface area contributed by atoms with Gasteiger partial charge in [-0.15, -0.1) is 0 Å². The van der Waals surface area contributed by atoms with Crippen molar-refractivity contribution < 1.29 is 9.48 Å². The van der Waals surface area contributed by atoms with Gasteiger partial charge >= 0.3 is 0 Å². The summed E-state index contributed by atoms with van der Waals surface area (Å²) in [5.41, 5.74) is 12.9. The van der Waals surface area contributed by atoms with Crippen molar-refractivity contribution in [3.63, 3.8) is 0 Å². The molecule has 0 spiro atoms. The van der Waals surface area contributed by atoms with Crippen molar-refractivity contribution in [2.24, 2.45) is 0 Å². The molecule has 7 nitrogen and oxygen atoms in total. The Morgan fingerprint density at radius 3 is 2.35 bits per heavy atom. The fourth-order valence-electron chi connectivity index (χ4n) is 9.83. The van der Waals surface area contributed by atoms with Gasteiger partial charge in [0.15, 0.2) is 5.58 Å². The van der Waals surface area contributed by atoms with Crippen LogP contribution in [0, 0.1) is 27.9 Å². The minimum absolute atomic E-state index is 0.0192. The number of fused-ring (bicyclic) bond motifs is 13. The van der Waals surface area contributed by atoms with E-state index in [0.717, 1.165) is 88.6 Å². The van der Waals surface area contributed by atoms with E-state index in [1.54, 1.807) is 0 Å². The van der Waals surface area contributed by atoms with E-state index < -0.39 is 0 Å². The van der Waals surface area contributed by atoms with Crippen molar-refractivity contribution >= 4 is 66.4 Å². The maximum Gasteiger partial charge on any atom is 0.160 e. The van der Waals surface area contributed by atoms with Crippen LogP contribution >= 0.6 is 0 Å². The summed E-state index contributed by atoms with van der Waals surface area (Å²) in [6.45, 7) is 0. The molecule has 1 aliphatic carbocycles. The van der Waals surface area contributed by atoms with E-state index in [1.807, 2.05) is 97.1 Å². The molecule has 0 amide bonds. The molecule has 266 valence electrons. The first kappa shape index (κ1) is 31.6. The first-order valence-corrected chi connectivity index (χ1v) is 19.0. The third kappa shape index (κ3) is 4.24. The third-order valence-electron chi connectivity index (χ3n) is 12.1. The van der Waals surface area contributed by atoms with Gasteiger partial charge in [-0.1, -0.05) is 97.1 Å². The maximum atomic E-state index is 14.4. The number of nitrogens with zero attached hydrogens (tertiary/aromatic N) is 4. The number of quaternary nitrogens is 1. The van der Waals surface area contributed by atoms with Crippen LogP contribution in [0.3, 0.4) is 0 Å². The largest absolute Gasteiger partial charge is 0.624 e. The van der Waals surface area contributed by atoms with Crippen molar-refractivity contribution in [1.29, 1.82) is 10.5 Å². The zero-order chi connectivity index (χ0) is 37.9. The lowest BCUT2D eigenvalue weighted by atomic mass is 9.85. The fraction of sp³-hybridized carbons (Fsp3) is 0.0400. The quantitative estimate of drug-likeness (QED) is 0.183. The van der Waals surface area contributed by atoms with Gasteiger partial charge in [0.1, 0.15) is 29.1 Å². The van der Waals surface area contributed by atoms with Crippen molar-refractivity contribution in [3.8, 4) is 29.0 Å². The Balaban J connectivity index is 1.12. The summed E-state index contributed by atoms with van der Waals surface area (Å²) in [5, 5.41) is 40.1. The van der Waals surface area contributed by atoms with Gasteiger partial charge in [0, 0.05) is 61.6 Å². The number of nitriles is 2. The van der Waals surface area contributed by atoms with Gasteiger partial charge < -0.3 is 24.2 Å². The van der Waals surface area contributed by atoms with Gasteiger partial charge in [-0.25, -0.2) is 0 Å². The fourth-order valence-corrected chi connectivity index (χ4v) is 9.83. The van der Waals surface area contributed by atoms with E-state index in [1.165, 1.54) is 0 Å². The zero-order valence-corrected chi connectivity index (χ0v) is 30.3. The number of rotatable bonds is 3. The van der Waals surface area contributed by atoms with Crippen LogP contribution in [-0.2, 0) is 0 Å². The Morgan fingerprint density at radius 2 is 1.46 bits per heavy atom. The van der Waals surface area contributed by atoms with Crippen LogP contribution in [0.4, 0.5) is 17.1 Å². The summed E-state index contributed by atoms with van der Waals surface area (Å²) in [7, 11) is 0. The summed E-state index contributed by atoms with van der Waals surface area (Å²) in [4.78, 5) is 2.22. The Labute approximate surface area is 326 Å². The van der Waals surface area contributed by atoms with E-state index in [-0.39, 0.29) is 17.0 Å². The zero-order valence-electron chi connectivity index (χ0n) is 30.3. The number of benzene rings is 7. The van der Waals surface area contributed by atoms with Crippen LogP contribution in [0.2, 0.25) is 0 Å². The molecule has 0 saturated carbocycles. The average Bonchev–Trinajstić information content (AvgIpc) is 4.00. The number of anilines is 2. The first-order chi connectivity index (χ1) is 28.1. The first-order valence-electron chi connectivity index (χ1n) is 19.0. The molecule has 3 atom stereocenters. The number of aromatic nitrogens is 1. The maximum absolute atomic E-state index is 14.4. The molecule has 7 aromatic carbocycles. The molecule has 57 heavy (non-hydrogen) atoms. The van der Waals surface area contributed by atoms with Crippen molar-refractivity contribution in [2.75, 3.05) is 4.90 Å². The molecule has 3 aliphatic rings. The molecule has 12 rings (SSSR count). The smallest absolute Gasteiger partial charge is 0.160 e. The molecule has 1 N–H and O–H groups in total. The minimum Gasteiger partial charge on any atom is -0.624 e. The molecule has 7 heteroatoms. The Kier molecular flexibility index (Phi) is 6.48. The molecule has 0 fully saturated rings. The molecule has 0 radical (unpaired) electrons. The van der Waals surface area contributed by atoms with Gasteiger partial charge in [0.05, 0.1) is 33.9 Å². The molecule has 4 heterocycles. The van der Waals surface area contributed by atoms with Crippen LogP contribution in [-0.4, -0.2) is 10.6 Å². The van der Waals surface area contributed by atoms with E-state index in [4.69, 9.17) is 4.42 Å². The molecule has 2 aromatic heterocycles. The standard InChI is InChI=1S/C50H29N5O2/c51-27-29-24-31(26-32(25-29)53-42-16-5-1-12-35(42)40-22-23-41-37-14-4-8-19-45(37)57-50(41)49(40)53)33-15-9-10-30(28-52)46(33)54-43-17-6-2-11-34(43)38-20-21-39-36-13-3-7-18-44(36)55(56)48(39)47(38)54/h1-26,38,47,55H. The molecule has 0 saturated heterocycles. The summed E-state index contributed by atoms with van der Waals surface area (Å²) in [6, 6.07) is 53.0. The Morgan fingerprint density at radius 1 is 0.684 bits per heavy atom. The van der Waals surface area contributed by atoms with Crippen molar-refractivity contribution in [1.82, 2.24) is 4.57 Å². The lowest BCUT2D eigenvalue weighted by Gasteiger charge is -2.36. The minimum atomic E-state index is -0.382. The topological polar surface area (TPSA) is 96.4 Å². The predicted molar refractivity (Wildman–Crippen MR) is 225 cm³/mol. The predicted octanol–water partition coefficient (Wildman–Crippen LogP) is 10.7. The van der Waals surface area contributed by atoms with Gasteiger partial charge in [0.2, 0.25) is 0 Å². The number of nitrogens with one attached hydrogen (secondary N) is 1. The summed E-state index contributed by atoms with van der Waals surface area (Å²) in [5.74, 6) is -0.109. The summed E-state index contributed by atoms with van der Waals surface area (Å²) >= 11 is 0. The Hall–Kier alpha value is -7.68. The number of allylic oxidation sites excluding steroid dienone is 2. The molecular weight excluding hydrogens is 703 g/mol. The second kappa shape index (κ2) is 11.7. The van der Waals surface area contributed by atoms with Gasteiger partial charge in [-0.2, -0.15) is 10.5 Å². The van der Waals surface area contributed by atoms with Crippen LogP contribution in [0.25, 0.3) is 66.1 Å². The molecule has 9 aromatic rings. The number of hydrogen-bond acceptors (Lipinski definition) is 5. The Bertz CT molecular complexity index is 3390. The highest BCUT2D eigenvalue weighted by molar-refractivity contribution is 6.21. The number of para-hydroxylation sites is 5. The van der Waals surface area contributed by atoms with E-state index in [0.29, 0.717) is 22.5 Å². The van der Waals surface area contributed by atoms with E-state index in [2.05, 4.69) is 82.3 Å². The average molecular weight is 732 g/mol.